The van der Waals surface area contributed by atoms with Gasteiger partial charge in [-0.3, -0.25) is 4.79 Å². The molecule has 0 radical (unpaired) electrons. The van der Waals surface area contributed by atoms with Gasteiger partial charge in [0.05, 0.1) is 25.3 Å². The first-order valence-corrected chi connectivity index (χ1v) is 14.4. The van der Waals surface area contributed by atoms with E-state index >= 15 is 0 Å². The van der Waals surface area contributed by atoms with E-state index in [2.05, 4.69) is 27.5 Å². The Morgan fingerprint density at radius 1 is 1.21 bits per heavy atom. The van der Waals surface area contributed by atoms with Crippen LogP contribution in [0.1, 0.15) is 47.5 Å². The van der Waals surface area contributed by atoms with E-state index in [0.717, 1.165) is 52.0 Å². The molecule has 1 N–H and O–H groups in total. The third kappa shape index (κ3) is 6.96. The Hall–Kier alpha value is -3.43. The molecule has 0 bridgehead atoms. The molecule has 0 spiro atoms. The molecule has 1 aliphatic rings. The van der Waals surface area contributed by atoms with Gasteiger partial charge >= 0.3 is 5.97 Å². The second kappa shape index (κ2) is 12.6. The molecule has 0 saturated heterocycles. The summed E-state index contributed by atoms with van der Waals surface area (Å²) in [6, 6.07) is 13.8. The maximum atomic E-state index is 12.5. The molecule has 0 saturated carbocycles. The van der Waals surface area contributed by atoms with Crippen molar-refractivity contribution in [2.45, 2.75) is 44.9 Å². The molecule has 5 rings (SSSR count). The minimum Gasteiger partial charge on any atom is -0.477 e. The van der Waals surface area contributed by atoms with Crippen molar-refractivity contribution in [2.75, 3.05) is 25.1 Å². The van der Waals surface area contributed by atoms with Crippen molar-refractivity contribution in [1.29, 1.82) is 0 Å². The molecule has 3 aromatic heterocycles. The Kier molecular flexibility index (Phi) is 8.78. The largest absolute Gasteiger partial charge is 0.477 e. The van der Waals surface area contributed by atoms with Crippen LogP contribution in [0.5, 0.6) is 5.88 Å². The summed E-state index contributed by atoms with van der Waals surface area (Å²) < 4.78 is 13.1. The molecular formula is C29H32ClN5O3S. The number of benzene rings is 1. The minimum atomic E-state index is -0.233. The first-order valence-electron chi connectivity index (χ1n) is 13.2. The van der Waals surface area contributed by atoms with Crippen LogP contribution in [0, 0.1) is 0 Å². The highest BCUT2D eigenvalue weighted by molar-refractivity contribution is 7.15. The molecular weight excluding hydrogens is 534 g/mol. The van der Waals surface area contributed by atoms with Crippen molar-refractivity contribution < 1.29 is 14.3 Å². The molecule has 1 aliphatic heterocycles. The number of rotatable bonds is 11. The van der Waals surface area contributed by atoms with Crippen LogP contribution in [-0.2, 0) is 35.8 Å². The van der Waals surface area contributed by atoms with Gasteiger partial charge in [0.15, 0.2) is 0 Å². The highest BCUT2D eigenvalue weighted by Crippen LogP contribution is 2.34. The lowest BCUT2D eigenvalue weighted by Crippen LogP contribution is -2.14. The van der Waals surface area contributed by atoms with Gasteiger partial charge in [0.25, 0.3) is 0 Å². The van der Waals surface area contributed by atoms with Gasteiger partial charge in [-0.2, -0.15) is 5.10 Å². The standard InChI is InChI=1S/C29H32ClN5O3S/c1-3-37-27(36)16-21(25-18-32-29(39-25)20-6-9-22(30)10-7-20)15-24-17-26(35(2)34-24)38-14-12-23-11-8-19-5-4-13-31-28(19)33-23/h6-11,17-18,21H,3-5,12-16H2,1-2H3,(H,31,33). The zero-order valence-corrected chi connectivity index (χ0v) is 23.7. The van der Waals surface area contributed by atoms with Crippen LogP contribution in [0.25, 0.3) is 10.6 Å². The number of fused-ring (bicyclic) bond motifs is 1. The molecule has 0 fully saturated rings. The van der Waals surface area contributed by atoms with Gasteiger partial charge in [-0.25, -0.2) is 14.6 Å². The van der Waals surface area contributed by atoms with Gasteiger partial charge in [0, 0.05) is 59.4 Å². The van der Waals surface area contributed by atoms with Crippen LogP contribution in [0.3, 0.4) is 0 Å². The molecule has 10 heteroatoms. The lowest BCUT2D eigenvalue weighted by atomic mass is 9.98. The van der Waals surface area contributed by atoms with Gasteiger partial charge in [0.1, 0.15) is 10.8 Å². The molecule has 39 heavy (non-hydrogen) atoms. The van der Waals surface area contributed by atoms with E-state index in [1.807, 2.05) is 50.5 Å². The fraction of sp³-hybridized carbons (Fsp3) is 0.379. The smallest absolute Gasteiger partial charge is 0.306 e. The molecule has 0 amide bonds. The summed E-state index contributed by atoms with van der Waals surface area (Å²) in [6.45, 7) is 3.63. The van der Waals surface area contributed by atoms with Gasteiger partial charge in [-0.15, -0.1) is 11.3 Å². The molecule has 4 heterocycles. The highest BCUT2D eigenvalue weighted by Gasteiger charge is 2.23. The van der Waals surface area contributed by atoms with Gasteiger partial charge in [-0.05, 0) is 49.9 Å². The first kappa shape index (κ1) is 27.1. The minimum absolute atomic E-state index is 0.113. The maximum Gasteiger partial charge on any atom is 0.306 e. The van der Waals surface area contributed by atoms with E-state index in [9.17, 15) is 4.79 Å². The summed E-state index contributed by atoms with van der Waals surface area (Å²) >= 11 is 7.61. The Bertz CT molecular complexity index is 1420. The average molecular weight is 566 g/mol. The van der Waals surface area contributed by atoms with E-state index in [1.165, 1.54) is 5.56 Å². The predicted octanol–water partition coefficient (Wildman–Crippen LogP) is 5.85. The lowest BCUT2D eigenvalue weighted by molar-refractivity contribution is -0.143. The van der Waals surface area contributed by atoms with Crippen LogP contribution in [0.2, 0.25) is 5.02 Å². The maximum absolute atomic E-state index is 12.5. The monoisotopic (exact) mass is 565 g/mol. The zero-order chi connectivity index (χ0) is 27.2. The summed E-state index contributed by atoms with van der Waals surface area (Å²) in [5.74, 6) is 1.33. The second-order valence-electron chi connectivity index (χ2n) is 9.52. The van der Waals surface area contributed by atoms with E-state index < -0.39 is 0 Å². The van der Waals surface area contributed by atoms with Crippen molar-refractivity contribution in [1.82, 2.24) is 19.7 Å². The Balaban J connectivity index is 1.25. The number of hydrogen-bond donors (Lipinski definition) is 1. The highest BCUT2D eigenvalue weighted by atomic mass is 35.5. The van der Waals surface area contributed by atoms with Crippen LogP contribution >= 0.6 is 22.9 Å². The van der Waals surface area contributed by atoms with E-state index in [0.29, 0.717) is 37.0 Å². The van der Waals surface area contributed by atoms with Gasteiger partial charge < -0.3 is 14.8 Å². The number of ether oxygens (including phenoxy) is 2. The van der Waals surface area contributed by atoms with Crippen molar-refractivity contribution in [3.63, 3.8) is 0 Å². The molecule has 1 unspecified atom stereocenters. The molecule has 8 nitrogen and oxygen atoms in total. The summed E-state index contributed by atoms with van der Waals surface area (Å²) in [7, 11) is 1.87. The Labute approximate surface area is 237 Å². The van der Waals surface area contributed by atoms with E-state index in [-0.39, 0.29) is 18.3 Å². The van der Waals surface area contributed by atoms with Crippen LogP contribution in [0.15, 0.2) is 48.7 Å². The van der Waals surface area contributed by atoms with Gasteiger partial charge in [0.2, 0.25) is 5.88 Å². The average Bonchev–Trinajstić information content (AvgIpc) is 3.56. The number of aryl methyl sites for hydroxylation is 2. The first-order chi connectivity index (χ1) is 19.0. The number of pyridine rings is 1. The van der Waals surface area contributed by atoms with Crippen molar-refractivity contribution in [2.24, 2.45) is 7.05 Å². The molecule has 4 aromatic rings. The fourth-order valence-electron chi connectivity index (χ4n) is 4.66. The Morgan fingerprint density at radius 3 is 2.87 bits per heavy atom. The molecule has 0 aliphatic carbocycles. The van der Waals surface area contributed by atoms with E-state index in [4.69, 9.17) is 26.1 Å². The molecule has 1 aromatic carbocycles. The fourth-order valence-corrected chi connectivity index (χ4v) is 5.81. The van der Waals surface area contributed by atoms with Crippen molar-refractivity contribution in [3.8, 4) is 16.5 Å². The third-order valence-electron chi connectivity index (χ3n) is 6.64. The quantitative estimate of drug-likeness (QED) is 0.228. The van der Waals surface area contributed by atoms with Crippen LogP contribution < -0.4 is 10.1 Å². The number of nitrogens with one attached hydrogen (secondary N) is 1. The number of halogens is 1. The number of anilines is 1. The lowest BCUT2D eigenvalue weighted by Gasteiger charge is -2.17. The summed E-state index contributed by atoms with van der Waals surface area (Å²) in [5.41, 5.74) is 4.12. The number of nitrogens with zero attached hydrogens (tertiary/aromatic N) is 4. The number of thiazole rings is 1. The zero-order valence-electron chi connectivity index (χ0n) is 22.2. The topological polar surface area (TPSA) is 91.2 Å². The van der Waals surface area contributed by atoms with E-state index in [1.54, 1.807) is 16.0 Å². The summed E-state index contributed by atoms with van der Waals surface area (Å²) in [4.78, 5) is 22.8. The Morgan fingerprint density at radius 2 is 2.05 bits per heavy atom. The predicted molar refractivity (Wildman–Crippen MR) is 154 cm³/mol. The van der Waals surface area contributed by atoms with Gasteiger partial charge in [-0.1, -0.05) is 29.8 Å². The number of hydrogen-bond acceptors (Lipinski definition) is 8. The van der Waals surface area contributed by atoms with Crippen LogP contribution in [0.4, 0.5) is 5.82 Å². The molecule has 1 atom stereocenters. The number of esters is 1. The summed E-state index contributed by atoms with van der Waals surface area (Å²) in [6.07, 6.45) is 5.59. The number of aromatic nitrogens is 4. The van der Waals surface area contributed by atoms with Crippen molar-refractivity contribution in [3.05, 3.63) is 75.5 Å². The SMILES string of the molecule is CCOC(=O)CC(Cc1cc(OCCc2ccc3c(n2)NCCC3)n(C)n1)c1cnc(-c2ccc(Cl)cc2)s1. The normalized spacial score (nSPS) is 13.4. The van der Waals surface area contributed by atoms with Crippen LogP contribution in [-0.4, -0.2) is 45.5 Å². The third-order valence-corrected chi connectivity index (χ3v) is 8.10. The number of carbonyl (C=O) groups excluding carboxylic acids is 1. The second-order valence-corrected chi connectivity index (χ2v) is 11.0. The molecule has 204 valence electrons. The summed E-state index contributed by atoms with van der Waals surface area (Å²) in [5, 5.41) is 9.61. The van der Waals surface area contributed by atoms with Crippen molar-refractivity contribution >= 4 is 34.7 Å². The number of carbonyl (C=O) groups is 1.